The van der Waals surface area contributed by atoms with E-state index in [2.05, 4.69) is 9.44 Å². The monoisotopic (exact) mass is 333 g/mol. The van der Waals surface area contributed by atoms with Crippen molar-refractivity contribution in [1.82, 2.24) is 4.72 Å². The molecule has 0 saturated carbocycles. The molecular formula is C12H19N3O4S2. The standard InChI is InChI=1S/C12H19N3O4S2/c1-3-13-21(18,19)14-11-7-6-10-5-4-8-15(12(10)9-11)20(2,16)17/h6-7,9,13-14H,3-5,8H2,1-2H3. The quantitative estimate of drug-likeness (QED) is 0.827. The Morgan fingerprint density at radius 2 is 1.95 bits per heavy atom. The van der Waals surface area contributed by atoms with Crippen molar-refractivity contribution in [2.75, 3.05) is 28.4 Å². The summed E-state index contributed by atoms with van der Waals surface area (Å²) in [5, 5.41) is 0. The van der Waals surface area contributed by atoms with Gasteiger partial charge in [0.05, 0.1) is 17.6 Å². The third-order valence-corrected chi connectivity index (χ3v) is 5.50. The molecule has 1 aromatic rings. The van der Waals surface area contributed by atoms with Gasteiger partial charge in [-0.15, -0.1) is 0 Å². The zero-order valence-electron chi connectivity index (χ0n) is 12.0. The van der Waals surface area contributed by atoms with E-state index in [0.717, 1.165) is 24.7 Å². The molecule has 0 fully saturated rings. The zero-order chi connectivity index (χ0) is 15.7. The second-order valence-electron chi connectivity index (χ2n) is 4.89. The average molecular weight is 333 g/mol. The van der Waals surface area contributed by atoms with Gasteiger partial charge in [0, 0.05) is 13.1 Å². The highest BCUT2D eigenvalue weighted by Crippen LogP contribution is 2.31. The lowest BCUT2D eigenvalue weighted by Crippen LogP contribution is -2.35. The molecule has 1 aromatic carbocycles. The number of sulfonamides is 1. The molecule has 0 amide bonds. The number of hydrogen-bond donors (Lipinski definition) is 2. The Balaban J connectivity index is 2.37. The summed E-state index contributed by atoms with van der Waals surface area (Å²) >= 11 is 0. The molecule has 118 valence electrons. The van der Waals surface area contributed by atoms with Gasteiger partial charge in [-0.3, -0.25) is 9.03 Å². The van der Waals surface area contributed by atoms with E-state index in [0.29, 0.717) is 17.9 Å². The SMILES string of the molecule is CCNS(=O)(=O)Nc1ccc2c(c1)N(S(C)(=O)=O)CCC2. The summed E-state index contributed by atoms with van der Waals surface area (Å²) in [6.07, 6.45) is 2.68. The summed E-state index contributed by atoms with van der Waals surface area (Å²) in [6, 6.07) is 4.96. The Kier molecular flexibility index (Phi) is 4.45. The summed E-state index contributed by atoms with van der Waals surface area (Å²) in [6.45, 7) is 2.36. The van der Waals surface area contributed by atoms with E-state index in [1.165, 1.54) is 4.31 Å². The first-order valence-electron chi connectivity index (χ1n) is 6.61. The van der Waals surface area contributed by atoms with Gasteiger partial charge in [-0.05, 0) is 30.5 Å². The summed E-state index contributed by atoms with van der Waals surface area (Å²) in [4.78, 5) is 0. The van der Waals surface area contributed by atoms with Crippen LogP contribution in [0.25, 0.3) is 0 Å². The minimum absolute atomic E-state index is 0.274. The minimum Gasteiger partial charge on any atom is -0.271 e. The van der Waals surface area contributed by atoms with Crippen LogP contribution in [-0.2, 0) is 26.7 Å². The van der Waals surface area contributed by atoms with Gasteiger partial charge in [-0.2, -0.15) is 13.1 Å². The highest BCUT2D eigenvalue weighted by Gasteiger charge is 2.24. The van der Waals surface area contributed by atoms with Gasteiger partial charge in [-0.25, -0.2) is 8.42 Å². The molecule has 2 N–H and O–H groups in total. The fourth-order valence-corrected chi connectivity index (χ4v) is 4.21. The van der Waals surface area contributed by atoms with Crippen LogP contribution in [-0.4, -0.2) is 36.2 Å². The summed E-state index contributed by atoms with van der Waals surface area (Å²) in [7, 11) is -7.00. The number of benzene rings is 1. The smallest absolute Gasteiger partial charge is 0.271 e. The maximum atomic E-state index is 11.8. The predicted octanol–water partition coefficient (Wildman–Crippen LogP) is 0.665. The molecule has 0 spiro atoms. The van der Waals surface area contributed by atoms with E-state index in [4.69, 9.17) is 0 Å². The van der Waals surface area contributed by atoms with Crippen LogP contribution in [0.15, 0.2) is 18.2 Å². The maximum Gasteiger partial charge on any atom is 0.299 e. The van der Waals surface area contributed by atoms with Gasteiger partial charge in [0.25, 0.3) is 10.2 Å². The molecule has 1 aliphatic rings. The van der Waals surface area contributed by atoms with Crippen molar-refractivity contribution < 1.29 is 16.8 Å². The van der Waals surface area contributed by atoms with Crippen molar-refractivity contribution in [3.63, 3.8) is 0 Å². The first-order chi connectivity index (χ1) is 9.73. The first kappa shape index (κ1) is 16.1. The van der Waals surface area contributed by atoms with Crippen LogP contribution >= 0.6 is 0 Å². The molecule has 0 bridgehead atoms. The third-order valence-electron chi connectivity index (χ3n) is 3.15. The van der Waals surface area contributed by atoms with E-state index in [9.17, 15) is 16.8 Å². The van der Waals surface area contributed by atoms with E-state index < -0.39 is 20.2 Å². The molecule has 1 aliphatic heterocycles. The Morgan fingerprint density at radius 3 is 2.57 bits per heavy atom. The Morgan fingerprint density at radius 1 is 1.24 bits per heavy atom. The Bertz CT molecular complexity index is 729. The molecule has 0 aliphatic carbocycles. The normalized spacial score (nSPS) is 15.6. The van der Waals surface area contributed by atoms with Gasteiger partial charge >= 0.3 is 0 Å². The summed E-state index contributed by atoms with van der Waals surface area (Å²) < 4.78 is 53.0. The summed E-state index contributed by atoms with van der Waals surface area (Å²) in [5.74, 6) is 0. The Labute approximate surface area is 125 Å². The molecule has 0 radical (unpaired) electrons. The lowest BCUT2D eigenvalue weighted by atomic mass is 10.0. The molecule has 0 atom stereocenters. The predicted molar refractivity (Wildman–Crippen MR) is 83.2 cm³/mol. The van der Waals surface area contributed by atoms with Crippen LogP contribution in [0.5, 0.6) is 0 Å². The van der Waals surface area contributed by atoms with Crippen LogP contribution in [0.2, 0.25) is 0 Å². The largest absolute Gasteiger partial charge is 0.299 e. The van der Waals surface area contributed by atoms with Crippen LogP contribution in [0.4, 0.5) is 11.4 Å². The maximum absolute atomic E-state index is 11.8. The molecule has 9 heteroatoms. The van der Waals surface area contributed by atoms with Gasteiger partial charge in [0.2, 0.25) is 10.0 Å². The molecule has 0 unspecified atom stereocenters. The molecule has 0 aromatic heterocycles. The number of aryl methyl sites for hydroxylation is 1. The van der Waals surface area contributed by atoms with Crippen molar-refractivity contribution in [3.8, 4) is 0 Å². The van der Waals surface area contributed by atoms with Crippen LogP contribution in [0.1, 0.15) is 18.9 Å². The fourth-order valence-electron chi connectivity index (χ4n) is 2.33. The minimum atomic E-state index is -3.63. The van der Waals surface area contributed by atoms with Gasteiger partial charge < -0.3 is 0 Å². The second-order valence-corrected chi connectivity index (χ2v) is 8.29. The summed E-state index contributed by atoms with van der Waals surface area (Å²) in [5.41, 5.74) is 1.78. The highest BCUT2D eigenvalue weighted by atomic mass is 32.2. The molecule has 2 rings (SSSR count). The highest BCUT2D eigenvalue weighted by molar-refractivity contribution is 7.92. The van der Waals surface area contributed by atoms with Crippen molar-refractivity contribution in [1.29, 1.82) is 0 Å². The lowest BCUT2D eigenvalue weighted by Gasteiger charge is -2.29. The lowest BCUT2D eigenvalue weighted by molar-refractivity contribution is 0.589. The van der Waals surface area contributed by atoms with Crippen molar-refractivity contribution in [2.24, 2.45) is 0 Å². The van der Waals surface area contributed by atoms with Gasteiger partial charge in [0.15, 0.2) is 0 Å². The average Bonchev–Trinajstić information content (AvgIpc) is 2.36. The van der Waals surface area contributed by atoms with E-state index in [1.807, 2.05) is 0 Å². The van der Waals surface area contributed by atoms with Crippen molar-refractivity contribution >= 4 is 31.6 Å². The number of hydrogen-bond acceptors (Lipinski definition) is 4. The fraction of sp³-hybridized carbons (Fsp3) is 0.500. The number of nitrogens with one attached hydrogen (secondary N) is 2. The third kappa shape index (κ3) is 3.86. The molecular weight excluding hydrogens is 314 g/mol. The van der Waals surface area contributed by atoms with Crippen LogP contribution < -0.4 is 13.7 Å². The van der Waals surface area contributed by atoms with E-state index in [1.54, 1.807) is 25.1 Å². The van der Waals surface area contributed by atoms with E-state index >= 15 is 0 Å². The Hall–Kier alpha value is -1.32. The number of rotatable bonds is 5. The van der Waals surface area contributed by atoms with Gasteiger partial charge in [-0.1, -0.05) is 13.0 Å². The molecule has 7 nitrogen and oxygen atoms in total. The molecule has 1 heterocycles. The molecule has 0 saturated heterocycles. The molecule has 21 heavy (non-hydrogen) atoms. The number of nitrogens with zero attached hydrogens (tertiary/aromatic N) is 1. The van der Waals surface area contributed by atoms with Crippen molar-refractivity contribution in [2.45, 2.75) is 19.8 Å². The number of anilines is 2. The van der Waals surface area contributed by atoms with Crippen molar-refractivity contribution in [3.05, 3.63) is 23.8 Å². The number of fused-ring (bicyclic) bond motifs is 1. The second kappa shape index (κ2) is 5.82. The topological polar surface area (TPSA) is 95.6 Å². The van der Waals surface area contributed by atoms with E-state index in [-0.39, 0.29) is 6.54 Å². The van der Waals surface area contributed by atoms with Crippen LogP contribution in [0.3, 0.4) is 0 Å². The first-order valence-corrected chi connectivity index (χ1v) is 9.94. The van der Waals surface area contributed by atoms with Crippen LogP contribution in [0, 0.1) is 0 Å². The van der Waals surface area contributed by atoms with Gasteiger partial charge in [0.1, 0.15) is 0 Å². The zero-order valence-corrected chi connectivity index (χ0v) is 13.6.